The van der Waals surface area contributed by atoms with E-state index in [4.69, 9.17) is 4.74 Å². The van der Waals surface area contributed by atoms with Crippen molar-refractivity contribution >= 4 is 15.7 Å². The predicted octanol–water partition coefficient (Wildman–Crippen LogP) is 0.769. The second-order valence-electron chi connectivity index (χ2n) is 6.64. The Morgan fingerprint density at radius 2 is 1.87 bits per heavy atom. The number of carbonyl (C=O) groups excluding carboxylic acids is 1. The summed E-state index contributed by atoms with van der Waals surface area (Å²) in [7, 11) is -3.34. The van der Waals surface area contributed by atoms with Crippen molar-refractivity contribution in [3.63, 3.8) is 0 Å². The minimum Gasteiger partial charge on any atom is -0.379 e. The summed E-state index contributed by atoms with van der Waals surface area (Å²) in [4.78, 5) is 16.8. The SMILES string of the molecule is CCCS(=O)(=O)[C@H](C)C(=O)N1C[C@@H](CC)[C@@H](N2CCOCC2)C1. The summed E-state index contributed by atoms with van der Waals surface area (Å²) in [6, 6.07) is 0.328. The van der Waals surface area contributed by atoms with E-state index in [2.05, 4.69) is 11.8 Å². The van der Waals surface area contributed by atoms with Crippen molar-refractivity contribution in [1.29, 1.82) is 0 Å². The number of hydrogen-bond acceptors (Lipinski definition) is 5. The third kappa shape index (κ3) is 4.25. The Balaban J connectivity index is 2.04. The van der Waals surface area contributed by atoms with E-state index in [9.17, 15) is 13.2 Å². The van der Waals surface area contributed by atoms with E-state index in [1.165, 1.54) is 6.92 Å². The molecule has 0 spiro atoms. The molecule has 134 valence electrons. The summed E-state index contributed by atoms with van der Waals surface area (Å²) < 4.78 is 29.8. The van der Waals surface area contributed by atoms with Crippen LogP contribution in [0.15, 0.2) is 0 Å². The van der Waals surface area contributed by atoms with Crippen molar-refractivity contribution < 1.29 is 17.9 Å². The van der Waals surface area contributed by atoms with Gasteiger partial charge < -0.3 is 9.64 Å². The number of sulfone groups is 1. The fourth-order valence-corrected chi connectivity index (χ4v) is 5.01. The van der Waals surface area contributed by atoms with Gasteiger partial charge in [-0.3, -0.25) is 9.69 Å². The molecule has 2 saturated heterocycles. The number of likely N-dealkylation sites (tertiary alicyclic amines) is 1. The number of nitrogens with zero attached hydrogens (tertiary/aromatic N) is 2. The van der Waals surface area contributed by atoms with Crippen LogP contribution in [0.1, 0.15) is 33.6 Å². The molecule has 2 heterocycles. The van der Waals surface area contributed by atoms with Crippen LogP contribution in [-0.4, -0.2) is 80.6 Å². The molecule has 2 fully saturated rings. The van der Waals surface area contributed by atoms with Crippen molar-refractivity contribution in [3.05, 3.63) is 0 Å². The molecule has 2 rings (SSSR count). The van der Waals surface area contributed by atoms with E-state index in [1.54, 1.807) is 4.90 Å². The van der Waals surface area contributed by atoms with E-state index >= 15 is 0 Å². The first-order valence-electron chi connectivity index (χ1n) is 8.72. The fourth-order valence-electron chi connectivity index (χ4n) is 3.63. The lowest BCUT2D eigenvalue weighted by Gasteiger charge is -2.34. The van der Waals surface area contributed by atoms with Crippen LogP contribution in [0, 0.1) is 5.92 Å². The number of morpholine rings is 1. The van der Waals surface area contributed by atoms with Crippen LogP contribution < -0.4 is 0 Å². The zero-order valence-corrected chi connectivity index (χ0v) is 15.3. The zero-order chi connectivity index (χ0) is 17.0. The molecule has 2 aliphatic rings. The van der Waals surface area contributed by atoms with Crippen LogP contribution in [0.2, 0.25) is 0 Å². The number of carbonyl (C=O) groups is 1. The van der Waals surface area contributed by atoms with Gasteiger partial charge in [-0.05, 0) is 19.3 Å². The minimum absolute atomic E-state index is 0.0812. The Morgan fingerprint density at radius 1 is 1.22 bits per heavy atom. The minimum atomic E-state index is -3.34. The monoisotopic (exact) mass is 346 g/mol. The summed E-state index contributed by atoms with van der Waals surface area (Å²) in [6.07, 6.45) is 1.55. The highest BCUT2D eigenvalue weighted by Gasteiger charge is 2.41. The molecular formula is C16H30N2O4S. The molecule has 6 nitrogen and oxygen atoms in total. The van der Waals surface area contributed by atoms with Crippen LogP contribution in [0.4, 0.5) is 0 Å². The molecule has 2 aliphatic heterocycles. The summed E-state index contributed by atoms with van der Waals surface area (Å²) in [5, 5.41) is -0.927. The quantitative estimate of drug-likeness (QED) is 0.711. The molecule has 0 aromatic rings. The van der Waals surface area contributed by atoms with Gasteiger partial charge in [0.2, 0.25) is 5.91 Å². The number of hydrogen-bond donors (Lipinski definition) is 0. The van der Waals surface area contributed by atoms with Crippen LogP contribution >= 0.6 is 0 Å². The first-order chi connectivity index (χ1) is 10.9. The fraction of sp³-hybridized carbons (Fsp3) is 0.938. The van der Waals surface area contributed by atoms with Gasteiger partial charge in [-0.25, -0.2) is 8.42 Å². The van der Waals surface area contributed by atoms with Gasteiger partial charge in [0.05, 0.1) is 19.0 Å². The Kier molecular flexibility index (Phi) is 6.45. The van der Waals surface area contributed by atoms with Crippen molar-refractivity contribution in [2.24, 2.45) is 5.92 Å². The predicted molar refractivity (Wildman–Crippen MR) is 90.1 cm³/mol. The van der Waals surface area contributed by atoms with Crippen LogP contribution in [-0.2, 0) is 19.4 Å². The van der Waals surface area contributed by atoms with E-state index < -0.39 is 15.1 Å². The van der Waals surface area contributed by atoms with Gasteiger partial charge in [-0.2, -0.15) is 0 Å². The van der Waals surface area contributed by atoms with Gasteiger partial charge in [0.15, 0.2) is 9.84 Å². The van der Waals surface area contributed by atoms with Gasteiger partial charge >= 0.3 is 0 Å². The molecule has 0 aliphatic carbocycles. The third-order valence-corrected chi connectivity index (χ3v) is 7.39. The molecule has 0 saturated carbocycles. The third-order valence-electron chi connectivity index (χ3n) is 5.13. The molecule has 3 atom stereocenters. The smallest absolute Gasteiger partial charge is 0.240 e. The molecular weight excluding hydrogens is 316 g/mol. The van der Waals surface area contributed by atoms with Crippen molar-refractivity contribution in [2.75, 3.05) is 45.1 Å². The number of ether oxygens (including phenoxy) is 1. The Hall–Kier alpha value is -0.660. The van der Waals surface area contributed by atoms with Crippen molar-refractivity contribution in [3.8, 4) is 0 Å². The molecule has 23 heavy (non-hydrogen) atoms. The first kappa shape index (κ1) is 18.7. The van der Waals surface area contributed by atoms with E-state index in [0.29, 0.717) is 31.5 Å². The molecule has 7 heteroatoms. The molecule has 0 N–H and O–H groups in total. The highest BCUT2D eigenvalue weighted by molar-refractivity contribution is 7.92. The lowest BCUT2D eigenvalue weighted by molar-refractivity contribution is -0.129. The van der Waals surface area contributed by atoms with E-state index in [0.717, 1.165) is 32.7 Å². The highest BCUT2D eigenvalue weighted by Crippen LogP contribution is 2.27. The van der Waals surface area contributed by atoms with Gasteiger partial charge in [-0.1, -0.05) is 20.3 Å². The van der Waals surface area contributed by atoms with Gasteiger partial charge in [0, 0.05) is 32.2 Å². The van der Waals surface area contributed by atoms with Crippen LogP contribution in [0.25, 0.3) is 0 Å². The summed E-state index contributed by atoms with van der Waals surface area (Å²) in [6.45, 7) is 10.1. The average molecular weight is 346 g/mol. The topological polar surface area (TPSA) is 66.9 Å². The maximum Gasteiger partial charge on any atom is 0.240 e. The maximum absolute atomic E-state index is 12.7. The van der Waals surface area contributed by atoms with Crippen LogP contribution in [0.3, 0.4) is 0 Å². The maximum atomic E-state index is 12.7. The van der Waals surface area contributed by atoms with Crippen molar-refractivity contribution in [1.82, 2.24) is 9.80 Å². The molecule has 0 aromatic heterocycles. The second-order valence-corrected chi connectivity index (χ2v) is 9.08. The lowest BCUT2D eigenvalue weighted by atomic mass is 9.99. The standard InChI is InChI=1S/C16H30N2O4S/c1-4-10-23(20,21)13(3)16(19)18-11-14(5-2)15(12-18)17-6-8-22-9-7-17/h13-15H,4-12H2,1-3H3/t13-,14-,15+/m1/s1. The Labute approximate surface area is 140 Å². The van der Waals surface area contributed by atoms with Gasteiger partial charge in [0.1, 0.15) is 5.25 Å². The highest BCUT2D eigenvalue weighted by atomic mass is 32.2. The molecule has 1 amide bonds. The van der Waals surface area contributed by atoms with Crippen molar-refractivity contribution in [2.45, 2.75) is 44.9 Å². The second kappa shape index (κ2) is 7.94. The molecule has 0 radical (unpaired) electrons. The largest absolute Gasteiger partial charge is 0.379 e. The molecule has 0 bridgehead atoms. The summed E-state index contributed by atoms with van der Waals surface area (Å²) >= 11 is 0. The normalized spacial score (nSPS) is 28.0. The lowest BCUT2D eigenvalue weighted by Crippen LogP contribution is -2.48. The first-order valence-corrected chi connectivity index (χ1v) is 10.4. The molecule has 0 aromatic carbocycles. The van der Waals surface area contributed by atoms with Gasteiger partial charge in [0.25, 0.3) is 0 Å². The average Bonchev–Trinajstić information content (AvgIpc) is 2.98. The Bertz CT molecular complexity index is 502. The summed E-state index contributed by atoms with van der Waals surface area (Å²) in [5.41, 5.74) is 0. The number of amides is 1. The molecule has 0 unspecified atom stereocenters. The van der Waals surface area contributed by atoms with E-state index in [1.807, 2.05) is 6.92 Å². The Morgan fingerprint density at radius 3 is 2.43 bits per heavy atom. The number of rotatable bonds is 6. The van der Waals surface area contributed by atoms with Gasteiger partial charge in [-0.15, -0.1) is 0 Å². The zero-order valence-electron chi connectivity index (χ0n) is 14.5. The van der Waals surface area contributed by atoms with E-state index in [-0.39, 0.29) is 11.7 Å². The summed E-state index contributed by atoms with van der Waals surface area (Å²) in [5.74, 6) is 0.267. The van der Waals surface area contributed by atoms with Crippen LogP contribution in [0.5, 0.6) is 0 Å².